The molecule has 1 rings (SSSR count). The van der Waals surface area contributed by atoms with Crippen molar-refractivity contribution in [1.29, 1.82) is 0 Å². The van der Waals surface area contributed by atoms with E-state index in [9.17, 15) is 0 Å². The lowest BCUT2D eigenvalue weighted by atomic mass is 10.0. The van der Waals surface area contributed by atoms with Crippen LogP contribution in [0.2, 0.25) is 0 Å². The Kier molecular flexibility index (Phi) is 7.82. The lowest BCUT2D eigenvalue weighted by Crippen LogP contribution is -2.48. The first-order chi connectivity index (χ1) is 9.15. The molecule has 0 bridgehead atoms. The Morgan fingerprint density at radius 3 is 2.63 bits per heavy atom. The summed E-state index contributed by atoms with van der Waals surface area (Å²) in [4.78, 5) is 6.96. The molecule has 5 nitrogen and oxygen atoms in total. The average Bonchev–Trinajstić information content (AvgIpc) is 2.40. The molecule has 0 saturated carbocycles. The van der Waals surface area contributed by atoms with Crippen molar-refractivity contribution in [3.63, 3.8) is 0 Å². The standard InChI is InChI=1S/C14H30N4O/c1-4-5-6-16-14(15)17-11-13(12(2)3)18-7-9-19-10-8-18/h12-13H,4-11H2,1-3H3,(H3,15,16,17). The van der Waals surface area contributed by atoms with E-state index in [1.807, 2.05) is 0 Å². The minimum atomic E-state index is 0.454. The molecule has 0 aliphatic carbocycles. The summed E-state index contributed by atoms with van der Waals surface area (Å²) >= 11 is 0. The summed E-state index contributed by atoms with van der Waals surface area (Å²) in [5.41, 5.74) is 5.89. The van der Waals surface area contributed by atoms with Crippen molar-refractivity contribution in [3.8, 4) is 0 Å². The number of morpholine rings is 1. The SMILES string of the molecule is CCCCNC(N)=NCC(C(C)C)N1CCOCC1. The van der Waals surface area contributed by atoms with Gasteiger partial charge in [-0.1, -0.05) is 27.2 Å². The van der Waals surface area contributed by atoms with Gasteiger partial charge in [-0.15, -0.1) is 0 Å². The van der Waals surface area contributed by atoms with Gasteiger partial charge in [0.15, 0.2) is 5.96 Å². The minimum absolute atomic E-state index is 0.454. The highest BCUT2D eigenvalue weighted by Crippen LogP contribution is 2.13. The maximum absolute atomic E-state index is 5.89. The molecule has 1 heterocycles. The summed E-state index contributed by atoms with van der Waals surface area (Å²) in [6.07, 6.45) is 2.30. The van der Waals surface area contributed by atoms with Gasteiger partial charge in [0.25, 0.3) is 0 Å². The number of unbranched alkanes of at least 4 members (excludes halogenated alkanes) is 1. The first kappa shape index (κ1) is 16.2. The second-order valence-electron chi connectivity index (χ2n) is 5.47. The van der Waals surface area contributed by atoms with Crippen molar-refractivity contribution < 1.29 is 4.74 Å². The number of rotatable bonds is 7. The number of nitrogens with one attached hydrogen (secondary N) is 1. The van der Waals surface area contributed by atoms with Crippen LogP contribution in [0, 0.1) is 5.92 Å². The van der Waals surface area contributed by atoms with Crippen molar-refractivity contribution >= 4 is 5.96 Å². The van der Waals surface area contributed by atoms with Gasteiger partial charge in [-0.05, 0) is 12.3 Å². The van der Waals surface area contributed by atoms with Gasteiger partial charge in [0.1, 0.15) is 0 Å². The van der Waals surface area contributed by atoms with Crippen molar-refractivity contribution in [2.45, 2.75) is 39.7 Å². The van der Waals surface area contributed by atoms with Gasteiger partial charge in [0, 0.05) is 25.7 Å². The average molecular weight is 270 g/mol. The monoisotopic (exact) mass is 270 g/mol. The Morgan fingerprint density at radius 1 is 1.37 bits per heavy atom. The van der Waals surface area contributed by atoms with E-state index in [-0.39, 0.29) is 0 Å². The number of nitrogens with two attached hydrogens (primary N) is 1. The number of hydrogen-bond acceptors (Lipinski definition) is 3. The summed E-state index contributed by atoms with van der Waals surface area (Å²) < 4.78 is 5.41. The predicted octanol–water partition coefficient (Wildman–Crippen LogP) is 1.05. The minimum Gasteiger partial charge on any atom is -0.379 e. The summed E-state index contributed by atoms with van der Waals surface area (Å²) in [5.74, 6) is 1.15. The van der Waals surface area contributed by atoms with Crippen LogP contribution < -0.4 is 11.1 Å². The van der Waals surface area contributed by atoms with Crippen molar-refractivity contribution in [2.75, 3.05) is 39.4 Å². The summed E-state index contributed by atoms with van der Waals surface area (Å²) in [5, 5.41) is 3.17. The highest BCUT2D eigenvalue weighted by Gasteiger charge is 2.23. The van der Waals surface area contributed by atoms with Crippen LogP contribution in [0.1, 0.15) is 33.6 Å². The zero-order valence-corrected chi connectivity index (χ0v) is 12.7. The van der Waals surface area contributed by atoms with Gasteiger partial charge >= 0.3 is 0 Å². The number of guanidine groups is 1. The topological polar surface area (TPSA) is 62.9 Å². The second-order valence-corrected chi connectivity index (χ2v) is 5.47. The first-order valence-electron chi connectivity index (χ1n) is 7.50. The largest absolute Gasteiger partial charge is 0.379 e. The van der Waals surface area contributed by atoms with Crippen LogP contribution in [0.3, 0.4) is 0 Å². The van der Waals surface area contributed by atoms with Crippen LogP contribution in [-0.4, -0.2) is 56.3 Å². The third kappa shape index (κ3) is 6.25. The van der Waals surface area contributed by atoms with E-state index in [0.717, 1.165) is 45.8 Å². The molecule has 1 unspecified atom stereocenters. The molecule has 1 aliphatic rings. The van der Waals surface area contributed by atoms with Crippen LogP contribution in [0.4, 0.5) is 0 Å². The molecular weight excluding hydrogens is 240 g/mol. The summed E-state index contributed by atoms with van der Waals surface area (Å²) in [6.45, 7) is 12.0. The molecule has 0 spiro atoms. The molecular formula is C14H30N4O. The van der Waals surface area contributed by atoms with Crippen LogP contribution in [0.25, 0.3) is 0 Å². The molecule has 0 radical (unpaired) electrons. The fraction of sp³-hybridized carbons (Fsp3) is 0.929. The Hall–Kier alpha value is -0.810. The number of ether oxygens (including phenoxy) is 1. The molecule has 5 heteroatoms. The summed E-state index contributed by atoms with van der Waals surface area (Å²) in [6, 6.07) is 0.454. The van der Waals surface area contributed by atoms with Gasteiger partial charge in [0.05, 0.1) is 19.8 Å². The van der Waals surface area contributed by atoms with Crippen molar-refractivity contribution in [3.05, 3.63) is 0 Å². The lowest BCUT2D eigenvalue weighted by molar-refractivity contribution is 0.00868. The van der Waals surface area contributed by atoms with E-state index >= 15 is 0 Å². The fourth-order valence-corrected chi connectivity index (χ4v) is 2.30. The third-order valence-electron chi connectivity index (χ3n) is 3.57. The van der Waals surface area contributed by atoms with Crippen LogP contribution in [0.5, 0.6) is 0 Å². The maximum Gasteiger partial charge on any atom is 0.188 e. The van der Waals surface area contributed by atoms with Crippen molar-refractivity contribution in [2.24, 2.45) is 16.6 Å². The number of hydrogen-bond donors (Lipinski definition) is 2. The third-order valence-corrected chi connectivity index (χ3v) is 3.57. The molecule has 1 atom stereocenters. The van der Waals surface area contributed by atoms with E-state index in [1.165, 1.54) is 6.42 Å². The second kappa shape index (κ2) is 9.15. The van der Waals surface area contributed by atoms with Gasteiger partial charge in [-0.25, -0.2) is 0 Å². The van der Waals surface area contributed by atoms with Crippen molar-refractivity contribution in [1.82, 2.24) is 10.2 Å². The van der Waals surface area contributed by atoms with Gasteiger partial charge in [-0.3, -0.25) is 9.89 Å². The zero-order valence-electron chi connectivity index (χ0n) is 12.7. The van der Waals surface area contributed by atoms with E-state index < -0.39 is 0 Å². The molecule has 1 aliphatic heterocycles. The summed E-state index contributed by atoms with van der Waals surface area (Å²) in [7, 11) is 0. The van der Waals surface area contributed by atoms with E-state index in [1.54, 1.807) is 0 Å². The lowest BCUT2D eigenvalue weighted by Gasteiger charge is -2.36. The van der Waals surface area contributed by atoms with Gasteiger partial charge in [0.2, 0.25) is 0 Å². The Labute approximate surface area is 117 Å². The highest BCUT2D eigenvalue weighted by atomic mass is 16.5. The van der Waals surface area contributed by atoms with Crippen LogP contribution >= 0.6 is 0 Å². The molecule has 19 heavy (non-hydrogen) atoms. The van der Waals surface area contributed by atoms with E-state index in [4.69, 9.17) is 10.5 Å². The fourth-order valence-electron chi connectivity index (χ4n) is 2.30. The Morgan fingerprint density at radius 2 is 2.05 bits per heavy atom. The first-order valence-corrected chi connectivity index (χ1v) is 7.50. The van der Waals surface area contributed by atoms with Gasteiger partial charge < -0.3 is 15.8 Å². The number of aliphatic imine (C=N–C) groups is 1. The Balaban J connectivity index is 2.41. The number of nitrogens with zero attached hydrogens (tertiary/aromatic N) is 2. The van der Waals surface area contributed by atoms with E-state index in [0.29, 0.717) is 17.9 Å². The zero-order chi connectivity index (χ0) is 14.1. The predicted molar refractivity (Wildman–Crippen MR) is 80.4 cm³/mol. The maximum atomic E-state index is 5.89. The van der Waals surface area contributed by atoms with E-state index in [2.05, 4.69) is 36.0 Å². The molecule has 112 valence electrons. The van der Waals surface area contributed by atoms with Crippen LogP contribution in [-0.2, 0) is 4.74 Å². The van der Waals surface area contributed by atoms with Crippen LogP contribution in [0.15, 0.2) is 4.99 Å². The Bertz CT molecular complexity index is 262. The molecule has 0 aromatic rings. The quantitative estimate of drug-likeness (QED) is 0.412. The smallest absolute Gasteiger partial charge is 0.188 e. The normalized spacial score (nSPS) is 19.7. The molecule has 3 N–H and O–H groups in total. The molecule has 1 fully saturated rings. The molecule has 0 amide bonds. The highest BCUT2D eigenvalue weighted by molar-refractivity contribution is 5.77. The van der Waals surface area contributed by atoms with Gasteiger partial charge in [-0.2, -0.15) is 0 Å². The molecule has 0 aromatic carbocycles. The molecule has 1 saturated heterocycles. The molecule has 0 aromatic heterocycles.